The minimum Gasteiger partial charge on any atom is -0.310 e. The van der Waals surface area contributed by atoms with Gasteiger partial charge >= 0.3 is 0 Å². The van der Waals surface area contributed by atoms with Gasteiger partial charge in [0.1, 0.15) is 0 Å². The van der Waals surface area contributed by atoms with E-state index < -0.39 is 0 Å². The van der Waals surface area contributed by atoms with E-state index in [1.807, 2.05) is 13.0 Å². The Hall–Kier alpha value is -0.540. The number of thiophene rings is 1. The van der Waals surface area contributed by atoms with E-state index in [0.717, 1.165) is 34.3 Å². The third kappa shape index (κ3) is 4.23. The van der Waals surface area contributed by atoms with Gasteiger partial charge in [0.2, 0.25) is 0 Å². The SMILES string of the molecule is CCCNC(Cc1ccc(Cl)s1)c1ccc(C)c(Cl)c1. The summed E-state index contributed by atoms with van der Waals surface area (Å²) < 4.78 is 0.844. The fourth-order valence-electron chi connectivity index (χ4n) is 2.11. The summed E-state index contributed by atoms with van der Waals surface area (Å²) >= 11 is 13.9. The van der Waals surface area contributed by atoms with Crippen molar-refractivity contribution in [2.45, 2.75) is 32.7 Å². The molecule has 2 rings (SSSR count). The maximum Gasteiger partial charge on any atom is 0.0931 e. The lowest BCUT2D eigenvalue weighted by Crippen LogP contribution is -2.23. The standard InChI is InChI=1S/C16H19Cl2NS/c1-3-8-19-15(10-13-6-7-16(18)20-13)12-5-4-11(2)14(17)9-12/h4-7,9,15,19H,3,8,10H2,1-2H3. The normalized spacial score (nSPS) is 12.6. The van der Waals surface area contributed by atoms with Gasteiger partial charge in [-0.15, -0.1) is 11.3 Å². The first-order valence-corrected chi connectivity index (χ1v) is 8.41. The Balaban J connectivity index is 2.19. The number of halogens is 2. The van der Waals surface area contributed by atoms with Crippen LogP contribution in [0.25, 0.3) is 0 Å². The van der Waals surface area contributed by atoms with Gasteiger partial charge in [0.15, 0.2) is 0 Å². The lowest BCUT2D eigenvalue weighted by Gasteiger charge is -2.19. The lowest BCUT2D eigenvalue weighted by molar-refractivity contribution is 0.532. The summed E-state index contributed by atoms with van der Waals surface area (Å²) in [6.45, 7) is 5.20. The predicted octanol–water partition coefficient (Wildman–Crippen LogP) is 5.65. The molecule has 1 atom stereocenters. The largest absolute Gasteiger partial charge is 0.310 e. The van der Waals surface area contributed by atoms with Gasteiger partial charge < -0.3 is 5.32 Å². The molecule has 4 heteroatoms. The van der Waals surface area contributed by atoms with Gasteiger partial charge in [-0.25, -0.2) is 0 Å². The Morgan fingerprint density at radius 3 is 2.60 bits per heavy atom. The second-order valence-electron chi connectivity index (χ2n) is 4.93. The second-order valence-corrected chi connectivity index (χ2v) is 7.13. The number of rotatable bonds is 6. The van der Waals surface area contributed by atoms with Gasteiger partial charge in [-0.2, -0.15) is 0 Å². The zero-order valence-electron chi connectivity index (χ0n) is 11.7. The van der Waals surface area contributed by atoms with Gasteiger partial charge in [0.25, 0.3) is 0 Å². The number of hydrogen-bond donors (Lipinski definition) is 1. The fourth-order valence-corrected chi connectivity index (χ4v) is 3.44. The highest BCUT2D eigenvalue weighted by molar-refractivity contribution is 7.16. The van der Waals surface area contributed by atoms with Crippen molar-refractivity contribution in [3.8, 4) is 0 Å². The molecule has 20 heavy (non-hydrogen) atoms. The number of hydrogen-bond acceptors (Lipinski definition) is 2. The number of nitrogens with one attached hydrogen (secondary N) is 1. The van der Waals surface area contributed by atoms with E-state index in [2.05, 4.69) is 36.5 Å². The molecule has 108 valence electrons. The molecule has 0 bridgehead atoms. The van der Waals surface area contributed by atoms with Crippen LogP contribution in [0, 0.1) is 6.92 Å². The molecule has 1 unspecified atom stereocenters. The van der Waals surface area contributed by atoms with E-state index in [4.69, 9.17) is 23.2 Å². The van der Waals surface area contributed by atoms with Gasteiger partial charge in [-0.3, -0.25) is 0 Å². The van der Waals surface area contributed by atoms with Crippen LogP contribution in [0.15, 0.2) is 30.3 Å². The molecule has 0 aliphatic heterocycles. The summed E-state index contributed by atoms with van der Waals surface area (Å²) in [6, 6.07) is 10.6. The quantitative estimate of drug-likeness (QED) is 0.723. The molecule has 1 nitrogen and oxygen atoms in total. The van der Waals surface area contributed by atoms with Crippen LogP contribution in [0.1, 0.15) is 35.4 Å². The van der Waals surface area contributed by atoms with E-state index in [-0.39, 0.29) is 6.04 Å². The lowest BCUT2D eigenvalue weighted by atomic mass is 10.0. The summed E-state index contributed by atoms with van der Waals surface area (Å²) in [6.07, 6.45) is 2.05. The first-order chi connectivity index (χ1) is 9.60. The molecule has 0 spiro atoms. The van der Waals surface area contributed by atoms with Crippen LogP contribution in [0.4, 0.5) is 0 Å². The van der Waals surface area contributed by atoms with E-state index in [0.29, 0.717) is 0 Å². The van der Waals surface area contributed by atoms with Crippen LogP contribution < -0.4 is 5.32 Å². The number of aryl methyl sites for hydroxylation is 1. The fraction of sp³-hybridized carbons (Fsp3) is 0.375. The molecule has 1 N–H and O–H groups in total. The van der Waals surface area contributed by atoms with Crippen molar-refractivity contribution in [1.82, 2.24) is 5.32 Å². The van der Waals surface area contributed by atoms with E-state index >= 15 is 0 Å². The smallest absolute Gasteiger partial charge is 0.0931 e. The first-order valence-electron chi connectivity index (χ1n) is 6.83. The molecule has 0 saturated heterocycles. The molecule has 0 amide bonds. The van der Waals surface area contributed by atoms with Gasteiger partial charge in [0, 0.05) is 22.4 Å². The van der Waals surface area contributed by atoms with Crippen LogP contribution in [0.2, 0.25) is 9.36 Å². The molecule has 1 aromatic heterocycles. The van der Waals surface area contributed by atoms with Crippen LogP contribution in [-0.4, -0.2) is 6.54 Å². The summed E-state index contributed by atoms with van der Waals surface area (Å²) in [4.78, 5) is 1.29. The van der Waals surface area contributed by atoms with E-state index in [1.165, 1.54) is 10.4 Å². The average molecular weight is 328 g/mol. The zero-order valence-corrected chi connectivity index (χ0v) is 14.1. The summed E-state index contributed by atoms with van der Waals surface area (Å²) in [7, 11) is 0. The van der Waals surface area contributed by atoms with Crippen LogP contribution >= 0.6 is 34.5 Å². The Bertz CT molecular complexity index is 565. The Labute approximate surface area is 134 Å². The van der Waals surface area contributed by atoms with Gasteiger partial charge in [-0.1, -0.05) is 42.3 Å². The molecule has 0 radical (unpaired) electrons. The molecule has 1 heterocycles. The molecule has 0 aliphatic rings. The Morgan fingerprint density at radius 2 is 2.00 bits per heavy atom. The minimum atomic E-state index is 0.280. The van der Waals surface area contributed by atoms with Crippen molar-refractivity contribution < 1.29 is 0 Å². The molecular weight excluding hydrogens is 309 g/mol. The molecule has 1 aromatic carbocycles. The van der Waals surface area contributed by atoms with E-state index in [1.54, 1.807) is 11.3 Å². The van der Waals surface area contributed by atoms with Crippen molar-refractivity contribution in [2.24, 2.45) is 0 Å². The highest BCUT2D eigenvalue weighted by Crippen LogP contribution is 2.28. The maximum atomic E-state index is 6.25. The topological polar surface area (TPSA) is 12.0 Å². The van der Waals surface area contributed by atoms with Crippen LogP contribution in [0.5, 0.6) is 0 Å². The van der Waals surface area contributed by atoms with Crippen LogP contribution in [-0.2, 0) is 6.42 Å². The van der Waals surface area contributed by atoms with Crippen molar-refractivity contribution in [3.63, 3.8) is 0 Å². The molecule has 0 fully saturated rings. The maximum absolute atomic E-state index is 6.25. The Morgan fingerprint density at radius 1 is 1.20 bits per heavy atom. The Kier molecular flexibility index (Phi) is 5.91. The van der Waals surface area contributed by atoms with Crippen molar-refractivity contribution in [2.75, 3.05) is 6.54 Å². The monoisotopic (exact) mass is 327 g/mol. The van der Waals surface area contributed by atoms with Gasteiger partial charge in [0.05, 0.1) is 4.34 Å². The van der Waals surface area contributed by atoms with Crippen molar-refractivity contribution >= 4 is 34.5 Å². The highest BCUT2D eigenvalue weighted by atomic mass is 35.5. The summed E-state index contributed by atoms with van der Waals surface area (Å²) in [5, 5.41) is 4.42. The third-order valence-electron chi connectivity index (χ3n) is 3.27. The van der Waals surface area contributed by atoms with Crippen molar-refractivity contribution in [1.29, 1.82) is 0 Å². The highest BCUT2D eigenvalue weighted by Gasteiger charge is 2.14. The molecule has 2 aromatic rings. The summed E-state index contributed by atoms with van der Waals surface area (Å²) in [5.41, 5.74) is 2.35. The van der Waals surface area contributed by atoms with Crippen LogP contribution in [0.3, 0.4) is 0 Å². The van der Waals surface area contributed by atoms with E-state index in [9.17, 15) is 0 Å². The average Bonchev–Trinajstić information content (AvgIpc) is 2.83. The van der Waals surface area contributed by atoms with Crippen molar-refractivity contribution in [3.05, 3.63) is 55.7 Å². The van der Waals surface area contributed by atoms with Gasteiger partial charge in [-0.05, 0) is 49.2 Å². The zero-order chi connectivity index (χ0) is 14.5. The summed E-state index contributed by atoms with van der Waals surface area (Å²) in [5.74, 6) is 0. The predicted molar refractivity (Wildman–Crippen MR) is 90.3 cm³/mol. The number of benzene rings is 1. The minimum absolute atomic E-state index is 0.280. The third-order valence-corrected chi connectivity index (χ3v) is 4.93. The first kappa shape index (κ1) is 15.8. The second kappa shape index (κ2) is 7.46. The molecule has 0 saturated carbocycles. The molecular formula is C16H19Cl2NS. The molecule has 0 aliphatic carbocycles.